The fraction of sp³-hybridized carbons (Fsp3) is 0.381. The Labute approximate surface area is 170 Å². The number of piperidine rings is 1. The van der Waals surface area contributed by atoms with Crippen molar-refractivity contribution < 1.29 is 14.6 Å². The van der Waals surface area contributed by atoms with E-state index < -0.39 is 0 Å². The molecule has 0 radical (unpaired) electrons. The summed E-state index contributed by atoms with van der Waals surface area (Å²) in [6.07, 6.45) is 1.90. The lowest BCUT2D eigenvalue weighted by atomic mass is 9.97. The van der Waals surface area contributed by atoms with E-state index in [9.17, 15) is 9.90 Å². The first-order valence-electron chi connectivity index (χ1n) is 9.43. The van der Waals surface area contributed by atoms with Gasteiger partial charge >= 0.3 is 0 Å². The largest absolute Gasteiger partial charge is 0.495 e. The third-order valence-electron chi connectivity index (χ3n) is 4.99. The predicted molar refractivity (Wildman–Crippen MR) is 114 cm³/mol. The molecule has 0 unspecified atom stereocenters. The molecule has 0 bridgehead atoms. The summed E-state index contributed by atoms with van der Waals surface area (Å²) in [5.41, 5.74) is 2.48. The van der Waals surface area contributed by atoms with Gasteiger partial charge in [0.15, 0.2) is 0 Å². The SMILES string of the molecule is COc1ccccc1NC(=O)CNc1cc(Cl)ccc1N1CCC(CO)CC1. The molecule has 2 aromatic carbocycles. The molecule has 1 aliphatic heterocycles. The number of rotatable bonds is 7. The summed E-state index contributed by atoms with van der Waals surface area (Å²) in [5, 5.41) is 16.0. The highest BCUT2D eigenvalue weighted by molar-refractivity contribution is 6.31. The van der Waals surface area contributed by atoms with Crippen molar-refractivity contribution in [1.82, 2.24) is 0 Å². The molecule has 0 aromatic heterocycles. The van der Waals surface area contributed by atoms with Gasteiger partial charge in [0, 0.05) is 24.7 Å². The molecule has 1 aliphatic rings. The van der Waals surface area contributed by atoms with Gasteiger partial charge in [0.05, 0.1) is 30.7 Å². The first kappa shape index (κ1) is 20.3. The van der Waals surface area contributed by atoms with Crippen molar-refractivity contribution in [2.24, 2.45) is 5.92 Å². The number of hydrogen-bond donors (Lipinski definition) is 3. The van der Waals surface area contributed by atoms with Crippen molar-refractivity contribution in [3.8, 4) is 5.75 Å². The van der Waals surface area contributed by atoms with Crippen LogP contribution in [-0.2, 0) is 4.79 Å². The predicted octanol–water partition coefficient (Wildman–Crippen LogP) is 3.61. The zero-order valence-electron chi connectivity index (χ0n) is 16.0. The summed E-state index contributed by atoms with van der Waals surface area (Å²) in [5.74, 6) is 0.812. The summed E-state index contributed by atoms with van der Waals surface area (Å²) >= 11 is 6.18. The Morgan fingerprint density at radius 2 is 1.96 bits per heavy atom. The molecule has 3 N–H and O–H groups in total. The Morgan fingerprint density at radius 1 is 1.21 bits per heavy atom. The molecule has 0 saturated carbocycles. The van der Waals surface area contributed by atoms with E-state index in [1.165, 1.54) is 0 Å². The van der Waals surface area contributed by atoms with Gasteiger partial charge in [-0.2, -0.15) is 0 Å². The molecule has 1 fully saturated rings. The summed E-state index contributed by atoms with van der Waals surface area (Å²) in [7, 11) is 1.57. The minimum absolute atomic E-state index is 0.110. The summed E-state index contributed by atoms with van der Waals surface area (Å²) in [6.45, 7) is 2.09. The second kappa shape index (κ2) is 9.66. The molecule has 0 spiro atoms. The number of aliphatic hydroxyl groups is 1. The summed E-state index contributed by atoms with van der Waals surface area (Å²) < 4.78 is 5.26. The molecule has 0 atom stereocenters. The third kappa shape index (κ3) is 5.09. The number of carbonyl (C=O) groups is 1. The molecule has 1 amide bonds. The lowest BCUT2D eigenvalue weighted by Crippen LogP contribution is -2.35. The molecule has 28 heavy (non-hydrogen) atoms. The van der Waals surface area contributed by atoms with Crippen molar-refractivity contribution in [3.05, 3.63) is 47.5 Å². The Bertz CT molecular complexity index is 807. The van der Waals surface area contributed by atoms with E-state index in [2.05, 4.69) is 15.5 Å². The number of para-hydroxylation sites is 2. The average molecular weight is 404 g/mol. The van der Waals surface area contributed by atoms with Crippen molar-refractivity contribution >= 4 is 34.6 Å². The van der Waals surface area contributed by atoms with Crippen LogP contribution in [0.1, 0.15) is 12.8 Å². The Kier molecular flexibility index (Phi) is 7.01. The minimum atomic E-state index is -0.172. The van der Waals surface area contributed by atoms with Gasteiger partial charge in [0.2, 0.25) is 5.91 Å². The van der Waals surface area contributed by atoms with Crippen LogP contribution in [0.4, 0.5) is 17.1 Å². The highest BCUT2D eigenvalue weighted by Gasteiger charge is 2.21. The Morgan fingerprint density at radius 3 is 2.68 bits per heavy atom. The molecule has 0 aliphatic carbocycles. The van der Waals surface area contributed by atoms with Crippen LogP contribution < -0.4 is 20.3 Å². The van der Waals surface area contributed by atoms with E-state index in [0.29, 0.717) is 22.4 Å². The fourth-order valence-corrected chi connectivity index (χ4v) is 3.57. The van der Waals surface area contributed by atoms with E-state index >= 15 is 0 Å². The van der Waals surface area contributed by atoms with Gasteiger partial charge < -0.3 is 25.4 Å². The van der Waals surface area contributed by atoms with Gasteiger partial charge in [0.25, 0.3) is 0 Å². The highest BCUT2D eigenvalue weighted by Crippen LogP contribution is 2.32. The smallest absolute Gasteiger partial charge is 0.243 e. The quantitative estimate of drug-likeness (QED) is 0.658. The maximum Gasteiger partial charge on any atom is 0.243 e. The van der Waals surface area contributed by atoms with Crippen molar-refractivity contribution in [2.45, 2.75) is 12.8 Å². The number of benzene rings is 2. The first-order valence-corrected chi connectivity index (χ1v) is 9.80. The van der Waals surface area contributed by atoms with Crippen LogP contribution >= 0.6 is 11.6 Å². The zero-order chi connectivity index (χ0) is 19.9. The van der Waals surface area contributed by atoms with Crippen LogP contribution in [0.3, 0.4) is 0 Å². The van der Waals surface area contributed by atoms with Crippen molar-refractivity contribution in [2.75, 3.05) is 48.9 Å². The first-order chi connectivity index (χ1) is 13.6. The number of carbonyl (C=O) groups excluding carboxylic acids is 1. The zero-order valence-corrected chi connectivity index (χ0v) is 16.7. The second-order valence-electron chi connectivity index (χ2n) is 6.88. The number of ether oxygens (including phenoxy) is 1. The van der Waals surface area contributed by atoms with E-state index in [0.717, 1.165) is 37.3 Å². The van der Waals surface area contributed by atoms with Gasteiger partial charge in [0.1, 0.15) is 5.75 Å². The number of amides is 1. The monoisotopic (exact) mass is 403 g/mol. The standard InChI is InChI=1S/C21H26ClN3O3/c1-28-20-5-3-2-4-17(20)24-21(27)13-23-18-12-16(22)6-7-19(18)25-10-8-15(14-26)9-11-25/h2-7,12,15,23,26H,8-11,13-14H2,1H3,(H,24,27). The lowest BCUT2D eigenvalue weighted by molar-refractivity contribution is -0.114. The summed E-state index contributed by atoms with van der Waals surface area (Å²) in [4.78, 5) is 14.7. The number of methoxy groups -OCH3 is 1. The van der Waals surface area contributed by atoms with Crippen LogP contribution in [0.2, 0.25) is 5.02 Å². The third-order valence-corrected chi connectivity index (χ3v) is 5.23. The fourth-order valence-electron chi connectivity index (χ4n) is 3.40. The Hall–Kier alpha value is -2.44. The topological polar surface area (TPSA) is 73.8 Å². The van der Waals surface area contributed by atoms with Gasteiger partial charge in [-0.3, -0.25) is 4.79 Å². The molecule has 1 saturated heterocycles. The molecular formula is C21H26ClN3O3. The molecule has 6 nitrogen and oxygen atoms in total. The number of aliphatic hydroxyl groups excluding tert-OH is 1. The Balaban J connectivity index is 1.65. The van der Waals surface area contributed by atoms with E-state index in [-0.39, 0.29) is 19.1 Å². The van der Waals surface area contributed by atoms with E-state index in [4.69, 9.17) is 16.3 Å². The minimum Gasteiger partial charge on any atom is -0.495 e. The van der Waals surface area contributed by atoms with Crippen LogP contribution in [0.5, 0.6) is 5.75 Å². The molecule has 7 heteroatoms. The number of nitrogens with one attached hydrogen (secondary N) is 2. The van der Waals surface area contributed by atoms with Gasteiger partial charge in [-0.15, -0.1) is 0 Å². The van der Waals surface area contributed by atoms with E-state index in [1.807, 2.05) is 30.3 Å². The molecular weight excluding hydrogens is 378 g/mol. The lowest BCUT2D eigenvalue weighted by Gasteiger charge is -2.34. The van der Waals surface area contributed by atoms with Crippen LogP contribution in [-0.4, -0.2) is 44.4 Å². The number of anilines is 3. The van der Waals surface area contributed by atoms with Crippen LogP contribution in [0.15, 0.2) is 42.5 Å². The highest BCUT2D eigenvalue weighted by atomic mass is 35.5. The number of halogens is 1. The number of hydrogen-bond acceptors (Lipinski definition) is 5. The maximum absolute atomic E-state index is 12.4. The molecule has 1 heterocycles. The molecule has 3 rings (SSSR count). The second-order valence-corrected chi connectivity index (χ2v) is 7.31. The maximum atomic E-state index is 12.4. The average Bonchev–Trinajstić information content (AvgIpc) is 2.73. The van der Waals surface area contributed by atoms with Crippen LogP contribution in [0, 0.1) is 5.92 Å². The van der Waals surface area contributed by atoms with Gasteiger partial charge in [-0.1, -0.05) is 23.7 Å². The summed E-state index contributed by atoms with van der Waals surface area (Å²) in [6, 6.07) is 13.0. The normalized spacial score (nSPS) is 14.6. The van der Waals surface area contributed by atoms with Gasteiger partial charge in [-0.25, -0.2) is 0 Å². The van der Waals surface area contributed by atoms with Gasteiger partial charge in [-0.05, 0) is 49.1 Å². The van der Waals surface area contributed by atoms with Crippen molar-refractivity contribution in [3.63, 3.8) is 0 Å². The van der Waals surface area contributed by atoms with Crippen LogP contribution in [0.25, 0.3) is 0 Å². The molecule has 2 aromatic rings. The molecule has 150 valence electrons. The van der Waals surface area contributed by atoms with E-state index in [1.54, 1.807) is 19.2 Å². The van der Waals surface area contributed by atoms with Crippen molar-refractivity contribution in [1.29, 1.82) is 0 Å². The number of nitrogens with zero attached hydrogens (tertiary/aromatic N) is 1.